The highest BCUT2D eigenvalue weighted by Crippen LogP contribution is 2.20. The third-order valence-corrected chi connectivity index (χ3v) is 4.00. The van der Waals surface area contributed by atoms with Gasteiger partial charge in [0.15, 0.2) is 0 Å². The van der Waals surface area contributed by atoms with Crippen LogP contribution in [0.3, 0.4) is 0 Å². The van der Waals surface area contributed by atoms with E-state index >= 15 is 0 Å². The number of amides is 1. The number of rotatable bonds is 5. The minimum Gasteiger partial charge on any atom is -0.469 e. The Hall–Kier alpha value is -2.39. The number of hydrogen-bond donors (Lipinski definition) is 1. The number of carbonyl (C=O) groups is 2. The molecule has 6 nitrogen and oxygen atoms in total. The van der Waals surface area contributed by atoms with Gasteiger partial charge in [0.05, 0.1) is 31.7 Å². The van der Waals surface area contributed by atoms with Crippen LogP contribution in [-0.4, -0.2) is 43.0 Å². The summed E-state index contributed by atoms with van der Waals surface area (Å²) in [7, 11) is 1.38. The van der Waals surface area contributed by atoms with Gasteiger partial charge in [0.1, 0.15) is 0 Å². The first-order valence-corrected chi connectivity index (χ1v) is 7.73. The molecule has 0 aromatic heterocycles. The fourth-order valence-electron chi connectivity index (χ4n) is 2.83. The summed E-state index contributed by atoms with van der Waals surface area (Å²) in [6.07, 6.45) is 3.29. The first-order valence-electron chi connectivity index (χ1n) is 7.73. The van der Waals surface area contributed by atoms with Crippen LogP contribution in [-0.2, 0) is 14.3 Å². The van der Waals surface area contributed by atoms with Crippen LogP contribution in [0, 0.1) is 11.3 Å². The zero-order chi connectivity index (χ0) is 16.7. The Morgan fingerprint density at radius 1 is 1.43 bits per heavy atom. The lowest BCUT2D eigenvalue weighted by molar-refractivity contribution is -0.142. The second-order valence-electron chi connectivity index (χ2n) is 5.64. The van der Waals surface area contributed by atoms with E-state index in [-0.39, 0.29) is 24.5 Å². The lowest BCUT2D eigenvalue weighted by Crippen LogP contribution is -2.45. The predicted octanol–water partition coefficient (Wildman–Crippen LogP) is 1.91. The molecule has 1 atom stereocenters. The Labute approximate surface area is 136 Å². The van der Waals surface area contributed by atoms with E-state index in [0.29, 0.717) is 17.7 Å². The zero-order valence-corrected chi connectivity index (χ0v) is 13.2. The molecule has 0 spiro atoms. The summed E-state index contributed by atoms with van der Waals surface area (Å²) >= 11 is 0. The van der Waals surface area contributed by atoms with Gasteiger partial charge in [-0.3, -0.25) is 14.5 Å². The topological polar surface area (TPSA) is 82.4 Å². The van der Waals surface area contributed by atoms with Crippen molar-refractivity contribution in [2.45, 2.75) is 31.7 Å². The summed E-state index contributed by atoms with van der Waals surface area (Å²) in [5, 5.41) is 11.7. The number of hydrogen-bond acceptors (Lipinski definition) is 5. The molecule has 122 valence electrons. The van der Waals surface area contributed by atoms with Crippen molar-refractivity contribution >= 4 is 17.6 Å². The van der Waals surface area contributed by atoms with E-state index in [0.717, 1.165) is 25.8 Å². The van der Waals surface area contributed by atoms with Gasteiger partial charge in [-0.15, -0.1) is 0 Å². The number of anilines is 1. The van der Waals surface area contributed by atoms with E-state index in [2.05, 4.69) is 5.32 Å². The van der Waals surface area contributed by atoms with Gasteiger partial charge in [-0.2, -0.15) is 5.26 Å². The minimum atomic E-state index is -0.246. The van der Waals surface area contributed by atoms with E-state index < -0.39 is 0 Å². The molecule has 6 heteroatoms. The molecule has 0 saturated carbocycles. The Balaban J connectivity index is 1.94. The Morgan fingerprint density at radius 2 is 2.26 bits per heavy atom. The molecule has 0 unspecified atom stereocenters. The van der Waals surface area contributed by atoms with Gasteiger partial charge in [0.25, 0.3) is 0 Å². The molecule has 0 aliphatic carbocycles. The molecule has 1 N–H and O–H groups in total. The summed E-state index contributed by atoms with van der Waals surface area (Å²) in [6, 6.07) is 8.90. The van der Waals surface area contributed by atoms with Crippen LogP contribution in [0.15, 0.2) is 24.3 Å². The number of nitriles is 1. The number of likely N-dealkylation sites (tertiary alicyclic amines) is 1. The smallest absolute Gasteiger partial charge is 0.307 e. The van der Waals surface area contributed by atoms with Gasteiger partial charge in [-0.05, 0) is 37.6 Å². The standard InChI is InChI=1S/C17H21N3O3/c1-23-17(22)10-15-7-2-3-8-20(15)12-16(21)19-14-6-4-5-13(9-14)11-18/h4-6,9,15H,2-3,7-8,10,12H2,1H3,(H,19,21)/t15-/m0/s1. The molecular formula is C17H21N3O3. The highest BCUT2D eigenvalue weighted by atomic mass is 16.5. The fraction of sp³-hybridized carbons (Fsp3) is 0.471. The summed E-state index contributed by atoms with van der Waals surface area (Å²) in [5.74, 6) is -0.388. The van der Waals surface area contributed by atoms with Crippen molar-refractivity contribution in [2.75, 3.05) is 25.5 Å². The third kappa shape index (κ3) is 5.08. The summed E-state index contributed by atoms with van der Waals surface area (Å²) in [4.78, 5) is 25.8. The number of methoxy groups -OCH3 is 1. The number of esters is 1. The molecule has 1 saturated heterocycles. The average molecular weight is 315 g/mol. The fourth-order valence-corrected chi connectivity index (χ4v) is 2.83. The van der Waals surface area contributed by atoms with Crippen molar-refractivity contribution < 1.29 is 14.3 Å². The molecule has 0 bridgehead atoms. The van der Waals surface area contributed by atoms with Gasteiger partial charge >= 0.3 is 5.97 Å². The van der Waals surface area contributed by atoms with E-state index in [4.69, 9.17) is 10.00 Å². The SMILES string of the molecule is COC(=O)C[C@@H]1CCCCN1CC(=O)Nc1cccc(C#N)c1. The van der Waals surface area contributed by atoms with Crippen molar-refractivity contribution in [3.8, 4) is 6.07 Å². The number of carbonyl (C=O) groups excluding carboxylic acids is 2. The number of nitrogens with zero attached hydrogens (tertiary/aromatic N) is 2. The van der Waals surface area contributed by atoms with E-state index in [1.165, 1.54) is 7.11 Å². The number of ether oxygens (including phenoxy) is 1. The second kappa shape index (κ2) is 8.30. The lowest BCUT2D eigenvalue weighted by atomic mass is 9.99. The van der Waals surface area contributed by atoms with E-state index in [9.17, 15) is 9.59 Å². The Morgan fingerprint density at radius 3 is 3.00 bits per heavy atom. The Kier molecular flexibility index (Phi) is 6.12. The van der Waals surface area contributed by atoms with Crippen molar-refractivity contribution in [3.05, 3.63) is 29.8 Å². The molecular weight excluding hydrogens is 294 g/mol. The molecule has 1 aliphatic rings. The summed E-state index contributed by atoms with van der Waals surface area (Å²) in [5.41, 5.74) is 1.11. The van der Waals surface area contributed by atoms with Crippen molar-refractivity contribution in [3.63, 3.8) is 0 Å². The molecule has 2 rings (SSSR count). The normalized spacial score (nSPS) is 18.0. The van der Waals surface area contributed by atoms with Crippen LogP contribution in [0.4, 0.5) is 5.69 Å². The van der Waals surface area contributed by atoms with Crippen molar-refractivity contribution in [2.24, 2.45) is 0 Å². The van der Waals surface area contributed by atoms with Crippen LogP contribution in [0.25, 0.3) is 0 Å². The molecule has 1 amide bonds. The Bertz CT molecular complexity index is 609. The van der Waals surface area contributed by atoms with Crippen LogP contribution in [0.5, 0.6) is 0 Å². The molecule has 1 aromatic rings. The van der Waals surface area contributed by atoms with Crippen LogP contribution < -0.4 is 5.32 Å². The molecule has 1 aromatic carbocycles. The molecule has 1 aliphatic heterocycles. The predicted molar refractivity (Wildman–Crippen MR) is 85.6 cm³/mol. The lowest BCUT2D eigenvalue weighted by Gasteiger charge is -2.34. The zero-order valence-electron chi connectivity index (χ0n) is 13.2. The van der Waals surface area contributed by atoms with Crippen molar-refractivity contribution in [1.82, 2.24) is 4.90 Å². The van der Waals surface area contributed by atoms with Crippen LogP contribution in [0.2, 0.25) is 0 Å². The van der Waals surface area contributed by atoms with Gasteiger partial charge in [-0.25, -0.2) is 0 Å². The van der Waals surface area contributed by atoms with Crippen LogP contribution >= 0.6 is 0 Å². The number of benzene rings is 1. The van der Waals surface area contributed by atoms with Crippen molar-refractivity contribution in [1.29, 1.82) is 5.26 Å². The van der Waals surface area contributed by atoms with E-state index in [1.54, 1.807) is 24.3 Å². The van der Waals surface area contributed by atoms with Gasteiger partial charge in [0.2, 0.25) is 5.91 Å². The quantitative estimate of drug-likeness (QED) is 0.839. The first-order chi connectivity index (χ1) is 11.1. The molecule has 1 fully saturated rings. The van der Waals surface area contributed by atoms with Crippen LogP contribution in [0.1, 0.15) is 31.2 Å². The number of piperidine rings is 1. The maximum absolute atomic E-state index is 12.2. The van der Waals surface area contributed by atoms with E-state index in [1.807, 2.05) is 11.0 Å². The minimum absolute atomic E-state index is 0.0485. The van der Waals surface area contributed by atoms with Gasteiger partial charge < -0.3 is 10.1 Å². The average Bonchev–Trinajstić information content (AvgIpc) is 2.56. The third-order valence-electron chi connectivity index (χ3n) is 4.00. The summed E-state index contributed by atoms with van der Waals surface area (Å²) < 4.78 is 4.73. The molecule has 0 radical (unpaired) electrons. The molecule has 1 heterocycles. The highest BCUT2D eigenvalue weighted by Gasteiger charge is 2.26. The summed E-state index contributed by atoms with van der Waals surface area (Å²) in [6.45, 7) is 1.03. The largest absolute Gasteiger partial charge is 0.469 e. The highest BCUT2D eigenvalue weighted by molar-refractivity contribution is 5.92. The second-order valence-corrected chi connectivity index (χ2v) is 5.64. The maximum atomic E-state index is 12.2. The monoisotopic (exact) mass is 315 g/mol. The first kappa shape index (κ1) is 17.0. The maximum Gasteiger partial charge on any atom is 0.307 e. The molecule has 23 heavy (non-hydrogen) atoms. The number of nitrogens with one attached hydrogen (secondary N) is 1. The van der Waals surface area contributed by atoms with Gasteiger partial charge in [0, 0.05) is 11.7 Å². The van der Waals surface area contributed by atoms with Gasteiger partial charge in [-0.1, -0.05) is 12.5 Å².